The molecule has 5 aromatic rings. The van der Waals surface area contributed by atoms with Crippen LogP contribution in [-0.2, 0) is 11.2 Å². The molecule has 5 aromatic carbocycles. The lowest BCUT2D eigenvalue weighted by Crippen LogP contribution is -2.25. The van der Waals surface area contributed by atoms with Crippen LogP contribution in [0.4, 0.5) is 0 Å². The third-order valence-electron chi connectivity index (χ3n) is 6.37. The van der Waals surface area contributed by atoms with Gasteiger partial charge in [0.15, 0.2) is 0 Å². The highest BCUT2D eigenvalue weighted by Gasteiger charge is 2.10. The van der Waals surface area contributed by atoms with E-state index in [1.54, 1.807) is 21.6 Å². The average Bonchev–Trinajstić information content (AvgIpc) is 2.88. The maximum atomic E-state index is 12.2. The standard InChI is InChI=1S/C30H29NOS2/c32-28(31-20-21-33-34-26-11-4-2-5-12-26)13-6-1-3-8-22-14-15-25-17-16-23-9-7-10-24-18-19-27(22)30(25)29(23)24/h2,4-5,7,9-12,14-19H,1,3,6,8,13,20-21H2,(H,31,32). The molecule has 0 radical (unpaired) electrons. The van der Waals surface area contributed by atoms with Gasteiger partial charge in [-0.25, -0.2) is 0 Å². The predicted octanol–water partition coefficient (Wildman–Crippen LogP) is 8.24. The summed E-state index contributed by atoms with van der Waals surface area (Å²) in [6, 6.07) is 30.5. The number of nitrogens with one attached hydrogen (secondary N) is 1. The Morgan fingerprint density at radius 3 is 2.26 bits per heavy atom. The molecule has 0 bridgehead atoms. The Morgan fingerprint density at radius 2 is 1.44 bits per heavy atom. The first-order valence-corrected chi connectivity index (χ1v) is 14.4. The fraction of sp³-hybridized carbons (Fsp3) is 0.233. The van der Waals surface area contributed by atoms with Crippen molar-refractivity contribution in [1.29, 1.82) is 0 Å². The van der Waals surface area contributed by atoms with Gasteiger partial charge in [-0.1, -0.05) is 101 Å². The largest absolute Gasteiger partial charge is 0.355 e. The van der Waals surface area contributed by atoms with Crippen molar-refractivity contribution in [2.45, 2.75) is 37.0 Å². The number of hydrogen-bond acceptors (Lipinski definition) is 3. The summed E-state index contributed by atoms with van der Waals surface area (Å²) < 4.78 is 0. The molecule has 172 valence electrons. The van der Waals surface area contributed by atoms with E-state index in [2.05, 4.69) is 84.2 Å². The number of hydrogen-bond donors (Lipinski definition) is 1. The molecule has 0 fully saturated rings. The van der Waals surface area contributed by atoms with Gasteiger partial charge in [-0.15, -0.1) is 0 Å². The second-order valence-electron chi connectivity index (χ2n) is 8.71. The first kappa shape index (κ1) is 23.1. The number of aryl methyl sites for hydroxylation is 1. The number of carbonyl (C=O) groups excluding carboxylic acids is 1. The van der Waals surface area contributed by atoms with Crippen LogP contribution in [-0.4, -0.2) is 18.2 Å². The number of amides is 1. The van der Waals surface area contributed by atoms with Crippen LogP contribution < -0.4 is 5.32 Å². The molecule has 0 unspecified atom stereocenters. The molecule has 0 aliphatic carbocycles. The molecule has 0 saturated heterocycles. The van der Waals surface area contributed by atoms with E-state index < -0.39 is 0 Å². The molecule has 2 nitrogen and oxygen atoms in total. The van der Waals surface area contributed by atoms with Crippen molar-refractivity contribution in [1.82, 2.24) is 5.32 Å². The first-order valence-electron chi connectivity index (χ1n) is 12.1. The van der Waals surface area contributed by atoms with Crippen LogP contribution in [0.15, 0.2) is 89.8 Å². The van der Waals surface area contributed by atoms with Gasteiger partial charge in [0.05, 0.1) is 0 Å². The molecule has 1 amide bonds. The predicted molar refractivity (Wildman–Crippen MR) is 150 cm³/mol. The maximum Gasteiger partial charge on any atom is 0.220 e. The Kier molecular flexibility index (Phi) is 7.57. The molecule has 0 saturated carbocycles. The molecule has 1 N–H and O–H groups in total. The molecule has 34 heavy (non-hydrogen) atoms. The minimum Gasteiger partial charge on any atom is -0.355 e. The zero-order valence-electron chi connectivity index (χ0n) is 19.3. The Bertz CT molecular complexity index is 1370. The van der Waals surface area contributed by atoms with Gasteiger partial charge in [0, 0.05) is 23.6 Å². The number of unbranched alkanes of at least 4 members (excludes halogenated alkanes) is 2. The van der Waals surface area contributed by atoms with E-state index in [0.29, 0.717) is 6.42 Å². The van der Waals surface area contributed by atoms with Gasteiger partial charge in [-0.2, -0.15) is 0 Å². The van der Waals surface area contributed by atoms with E-state index in [-0.39, 0.29) is 5.91 Å². The van der Waals surface area contributed by atoms with Crippen LogP contribution in [0.1, 0.15) is 31.2 Å². The van der Waals surface area contributed by atoms with Gasteiger partial charge in [-0.3, -0.25) is 4.79 Å². The second-order valence-corrected chi connectivity index (χ2v) is 11.2. The van der Waals surface area contributed by atoms with Crippen LogP contribution in [0.3, 0.4) is 0 Å². The summed E-state index contributed by atoms with van der Waals surface area (Å²) in [6.45, 7) is 0.728. The summed E-state index contributed by atoms with van der Waals surface area (Å²) in [4.78, 5) is 13.4. The van der Waals surface area contributed by atoms with Crippen molar-refractivity contribution < 1.29 is 4.79 Å². The van der Waals surface area contributed by atoms with Crippen LogP contribution in [0.25, 0.3) is 32.3 Å². The van der Waals surface area contributed by atoms with Crippen LogP contribution in [0, 0.1) is 0 Å². The Balaban J connectivity index is 1.06. The molecule has 0 atom stereocenters. The highest BCUT2D eigenvalue weighted by Crippen LogP contribution is 2.36. The SMILES string of the molecule is O=C(CCCCCc1ccc2ccc3cccc4ccc1c2c34)NCCSSc1ccccc1. The zero-order valence-corrected chi connectivity index (χ0v) is 20.9. The summed E-state index contributed by atoms with van der Waals surface area (Å²) in [5.74, 6) is 1.09. The Hall–Kier alpha value is -2.69. The van der Waals surface area contributed by atoms with Crippen LogP contribution in [0.2, 0.25) is 0 Å². The van der Waals surface area contributed by atoms with E-state index in [4.69, 9.17) is 0 Å². The molecule has 0 heterocycles. The van der Waals surface area contributed by atoms with Crippen LogP contribution in [0.5, 0.6) is 0 Å². The van der Waals surface area contributed by atoms with Crippen molar-refractivity contribution in [3.63, 3.8) is 0 Å². The van der Waals surface area contributed by atoms with E-state index in [1.807, 2.05) is 6.07 Å². The zero-order chi connectivity index (χ0) is 23.2. The van der Waals surface area contributed by atoms with E-state index >= 15 is 0 Å². The van der Waals surface area contributed by atoms with Gasteiger partial charge in [-0.05, 0) is 69.3 Å². The lowest BCUT2D eigenvalue weighted by molar-refractivity contribution is -0.121. The minimum atomic E-state index is 0.174. The van der Waals surface area contributed by atoms with Gasteiger partial charge in [0.25, 0.3) is 0 Å². The summed E-state index contributed by atoms with van der Waals surface area (Å²) in [5, 5.41) is 11.2. The number of carbonyl (C=O) groups is 1. The Morgan fingerprint density at radius 1 is 0.706 bits per heavy atom. The molecule has 0 spiro atoms. The molecule has 4 heteroatoms. The monoisotopic (exact) mass is 483 g/mol. The topological polar surface area (TPSA) is 29.1 Å². The maximum absolute atomic E-state index is 12.2. The van der Waals surface area contributed by atoms with Crippen molar-refractivity contribution >= 4 is 59.8 Å². The number of benzene rings is 5. The molecular formula is C30H29NOS2. The second kappa shape index (κ2) is 11.2. The first-order chi connectivity index (χ1) is 16.8. The summed E-state index contributed by atoms with van der Waals surface area (Å²) >= 11 is 0. The summed E-state index contributed by atoms with van der Waals surface area (Å²) in [5.41, 5.74) is 1.42. The normalized spacial score (nSPS) is 11.5. The van der Waals surface area contributed by atoms with Crippen molar-refractivity contribution in [3.8, 4) is 0 Å². The van der Waals surface area contributed by atoms with Gasteiger partial charge < -0.3 is 5.32 Å². The van der Waals surface area contributed by atoms with Gasteiger partial charge in [0.1, 0.15) is 0 Å². The quantitative estimate of drug-likeness (QED) is 0.116. The fourth-order valence-corrected chi connectivity index (χ4v) is 6.61. The fourth-order valence-electron chi connectivity index (χ4n) is 4.70. The molecule has 0 aliphatic heterocycles. The lowest BCUT2D eigenvalue weighted by Gasteiger charge is -2.14. The smallest absolute Gasteiger partial charge is 0.220 e. The number of rotatable bonds is 11. The highest BCUT2D eigenvalue weighted by atomic mass is 33.1. The van der Waals surface area contributed by atoms with Crippen molar-refractivity contribution in [3.05, 3.63) is 90.5 Å². The van der Waals surface area contributed by atoms with Crippen molar-refractivity contribution in [2.24, 2.45) is 0 Å². The van der Waals surface area contributed by atoms with E-state index in [1.165, 1.54) is 42.8 Å². The minimum absolute atomic E-state index is 0.174. The van der Waals surface area contributed by atoms with Gasteiger partial charge >= 0.3 is 0 Å². The van der Waals surface area contributed by atoms with Crippen molar-refractivity contribution in [2.75, 3.05) is 12.3 Å². The molecule has 5 rings (SSSR count). The van der Waals surface area contributed by atoms with E-state index in [0.717, 1.165) is 38.0 Å². The Labute approximate surface area is 209 Å². The lowest BCUT2D eigenvalue weighted by atomic mass is 9.90. The highest BCUT2D eigenvalue weighted by molar-refractivity contribution is 8.76. The molecular weight excluding hydrogens is 454 g/mol. The molecule has 0 aliphatic rings. The third kappa shape index (κ3) is 5.34. The summed E-state index contributed by atoms with van der Waals surface area (Å²) in [6.07, 6.45) is 4.82. The third-order valence-corrected chi connectivity index (χ3v) is 8.76. The van der Waals surface area contributed by atoms with Gasteiger partial charge in [0.2, 0.25) is 5.91 Å². The molecule has 0 aromatic heterocycles. The van der Waals surface area contributed by atoms with E-state index in [9.17, 15) is 4.79 Å². The summed E-state index contributed by atoms with van der Waals surface area (Å²) in [7, 11) is 3.55. The average molecular weight is 484 g/mol. The van der Waals surface area contributed by atoms with Crippen LogP contribution >= 0.6 is 21.6 Å².